The molecular formula is C12H16N4O2. The lowest BCUT2D eigenvalue weighted by Gasteiger charge is -2.06. The minimum absolute atomic E-state index is 0.111. The molecule has 1 aliphatic rings. The van der Waals surface area contributed by atoms with Crippen LogP contribution >= 0.6 is 0 Å². The first-order valence-electron chi connectivity index (χ1n) is 5.78. The minimum atomic E-state index is -0.511. The normalized spacial score (nSPS) is 18.1. The molecule has 0 aromatic heterocycles. The Labute approximate surface area is 105 Å². The summed E-state index contributed by atoms with van der Waals surface area (Å²) in [4.78, 5) is 11.5. The highest BCUT2D eigenvalue weighted by Gasteiger charge is 2.23. The molecule has 5 N–H and O–H groups in total. The highest BCUT2D eigenvalue weighted by Crippen LogP contribution is 2.30. The highest BCUT2D eigenvalue weighted by molar-refractivity contribution is 6.45. The van der Waals surface area contributed by atoms with Crippen molar-refractivity contribution in [3.8, 4) is 5.75 Å². The SMILES string of the molecule is CCC1Cc2cc(C(=NN)C(=O)NN)ccc2O1. The van der Waals surface area contributed by atoms with Crippen molar-refractivity contribution in [2.24, 2.45) is 16.8 Å². The predicted octanol–water partition coefficient (Wildman–Crippen LogP) is 0.0528. The standard InChI is InChI=1S/C12H16N4O2/c1-2-9-6-8-5-7(3-4-10(8)18-9)11(15-13)12(17)16-14/h3-5,9H,2,6,13-14H2,1H3,(H,16,17). The van der Waals surface area contributed by atoms with Gasteiger partial charge < -0.3 is 10.6 Å². The first-order chi connectivity index (χ1) is 8.69. The van der Waals surface area contributed by atoms with E-state index in [2.05, 4.69) is 12.0 Å². The summed E-state index contributed by atoms with van der Waals surface area (Å²) < 4.78 is 5.71. The van der Waals surface area contributed by atoms with E-state index in [4.69, 9.17) is 16.4 Å². The summed E-state index contributed by atoms with van der Waals surface area (Å²) in [6, 6.07) is 5.44. The number of rotatable bonds is 3. The summed E-state index contributed by atoms with van der Waals surface area (Å²) in [5.74, 6) is 10.6. The first-order valence-corrected chi connectivity index (χ1v) is 5.78. The van der Waals surface area contributed by atoms with Gasteiger partial charge in [0.05, 0.1) is 0 Å². The van der Waals surface area contributed by atoms with E-state index in [0.717, 1.165) is 24.2 Å². The smallest absolute Gasteiger partial charge is 0.286 e. The molecule has 96 valence electrons. The van der Waals surface area contributed by atoms with Gasteiger partial charge in [-0.3, -0.25) is 10.2 Å². The monoisotopic (exact) mass is 248 g/mol. The second-order valence-electron chi connectivity index (χ2n) is 4.13. The molecule has 0 saturated heterocycles. The van der Waals surface area contributed by atoms with E-state index in [1.165, 1.54) is 0 Å². The van der Waals surface area contributed by atoms with Gasteiger partial charge in [-0.1, -0.05) is 6.92 Å². The van der Waals surface area contributed by atoms with Crippen LogP contribution in [-0.2, 0) is 11.2 Å². The zero-order valence-electron chi connectivity index (χ0n) is 10.1. The number of hydrogen-bond acceptors (Lipinski definition) is 5. The quantitative estimate of drug-likeness (QED) is 0.304. The number of benzene rings is 1. The van der Waals surface area contributed by atoms with Gasteiger partial charge in [0.15, 0.2) is 5.71 Å². The van der Waals surface area contributed by atoms with Crippen molar-refractivity contribution in [1.29, 1.82) is 0 Å². The number of fused-ring (bicyclic) bond motifs is 1. The number of hydrazine groups is 1. The van der Waals surface area contributed by atoms with Crippen LogP contribution in [0.2, 0.25) is 0 Å². The third-order valence-corrected chi connectivity index (χ3v) is 3.01. The van der Waals surface area contributed by atoms with Crippen molar-refractivity contribution >= 4 is 11.6 Å². The number of hydrazone groups is 1. The van der Waals surface area contributed by atoms with Gasteiger partial charge in [0.25, 0.3) is 5.91 Å². The van der Waals surface area contributed by atoms with Gasteiger partial charge in [0, 0.05) is 12.0 Å². The maximum Gasteiger partial charge on any atom is 0.286 e. The summed E-state index contributed by atoms with van der Waals surface area (Å²) in [5.41, 5.74) is 3.83. The van der Waals surface area contributed by atoms with Crippen LogP contribution in [0.1, 0.15) is 24.5 Å². The van der Waals surface area contributed by atoms with Crippen molar-refractivity contribution < 1.29 is 9.53 Å². The van der Waals surface area contributed by atoms with E-state index in [-0.39, 0.29) is 11.8 Å². The number of nitrogens with two attached hydrogens (primary N) is 2. The molecule has 1 amide bonds. The van der Waals surface area contributed by atoms with Gasteiger partial charge in [0.2, 0.25) is 0 Å². The van der Waals surface area contributed by atoms with Crippen LogP contribution in [0.25, 0.3) is 0 Å². The Kier molecular flexibility index (Phi) is 3.47. The van der Waals surface area contributed by atoms with Crippen LogP contribution in [0.4, 0.5) is 0 Å². The van der Waals surface area contributed by atoms with Crippen LogP contribution in [0, 0.1) is 0 Å². The van der Waals surface area contributed by atoms with Crippen molar-refractivity contribution in [1.82, 2.24) is 5.43 Å². The molecule has 1 heterocycles. The molecule has 2 rings (SSSR count). The lowest BCUT2D eigenvalue weighted by atomic mass is 10.0. The summed E-state index contributed by atoms with van der Waals surface area (Å²) >= 11 is 0. The molecule has 1 aromatic carbocycles. The van der Waals surface area contributed by atoms with E-state index in [1.807, 2.05) is 17.6 Å². The third kappa shape index (κ3) is 2.14. The number of ether oxygens (including phenoxy) is 1. The maximum atomic E-state index is 11.5. The number of hydrogen-bond donors (Lipinski definition) is 3. The molecule has 0 fully saturated rings. The molecule has 18 heavy (non-hydrogen) atoms. The van der Waals surface area contributed by atoms with Gasteiger partial charge >= 0.3 is 0 Å². The second kappa shape index (κ2) is 5.05. The fourth-order valence-electron chi connectivity index (χ4n) is 2.03. The van der Waals surface area contributed by atoms with Gasteiger partial charge in [-0.15, -0.1) is 0 Å². The Morgan fingerprint density at radius 2 is 2.39 bits per heavy atom. The number of amides is 1. The van der Waals surface area contributed by atoms with E-state index < -0.39 is 5.91 Å². The fourth-order valence-corrected chi connectivity index (χ4v) is 2.03. The van der Waals surface area contributed by atoms with Gasteiger partial charge in [0.1, 0.15) is 11.9 Å². The van der Waals surface area contributed by atoms with E-state index in [1.54, 1.807) is 6.07 Å². The minimum Gasteiger partial charge on any atom is -0.490 e. The second-order valence-corrected chi connectivity index (χ2v) is 4.13. The van der Waals surface area contributed by atoms with Crippen LogP contribution in [0.5, 0.6) is 5.75 Å². The van der Waals surface area contributed by atoms with E-state index in [0.29, 0.717) is 5.56 Å². The maximum absolute atomic E-state index is 11.5. The number of carbonyl (C=O) groups excluding carboxylic acids is 1. The van der Waals surface area contributed by atoms with Crippen molar-refractivity contribution in [2.75, 3.05) is 0 Å². The topological polar surface area (TPSA) is 103 Å². The molecule has 0 spiro atoms. The Hall–Kier alpha value is -2.08. The zero-order chi connectivity index (χ0) is 13.1. The third-order valence-electron chi connectivity index (χ3n) is 3.01. The molecular weight excluding hydrogens is 232 g/mol. The molecule has 1 aromatic rings. The van der Waals surface area contributed by atoms with E-state index in [9.17, 15) is 4.79 Å². The molecule has 0 saturated carbocycles. The average Bonchev–Trinajstić information content (AvgIpc) is 2.81. The fraction of sp³-hybridized carbons (Fsp3) is 0.333. The van der Waals surface area contributed by atoms with Gasteiger partial charge in [-0.25, -0.2) is 5.84 Å². The first kappa shape index (κ1) is 12.4. The van der Waals surface area contributed by atoms with Crippen molar-refractivity contribution in [2.45, 2.75) is 25.9 Å². The van der Waals surface area contributed by atoms with Crippen LogP contribution < -0.4 is 21.8 Å². The number of carbonyl (C=O) groups is 1. The zero-order valence-corrected chi connectivity index (χ0v) is 10.1. The summed E-state index contributed by atoms with van der Waals surface area (Å²) in [5, 5.41) is 3.48. The van der Waals surface area contributed by atoms with Crippen LogP contribution in [0.15, 0.2) is 23.3 Å². The van der Waals surface area contributed by atoms with Gasteiger partial charge in [-0.2, -0.15) is 5.10 Å². The van der Waals surface area contributed by atoms with Gasteiger partial charge in [-0.05, 0) is 30.2 Å². The molecule has 0 aliphatic carbocycles. The van der Waals surface area contributed by atoms with Crippen molar-refractivity contribution in [3.05, 3.63) is 29.3 Å². The molecule has 1 aliphatic heterocycles. The molecule has 0 radical (unpaired) electrons. The van der Waals surface area contributed by atoms with Crippen LogP contribution in [0.3, 0.4) is 0 Å². The molecule has 1 atom stereocenters. The Morgan fingerprint density at radius 1 is 1.61 bits per heavy atom. The Morgan fingerprint density at radius 3 is 3.00 bits per heavy atom. The highest BCUT2D eigenvalue weighted by atomic mass is 16.5. The predicted molar refractivity (Wildman–Crippen MR) is 67.9 cm³/mol. The summed E-state index contributed by atoms with van der Waals surface area (Å²) in [6.07, 6.45) is 1.99. The average molecular weight is 248 g/mol. The lowest BCUT2D eigenvalue weighted by Crippen LogP contribution is -2.37. The molecule has 6 nitrogen and oxygen atoms in total. The lowest BCUT2D eigenvalue weighted by molar-refractivity contribution is -0.114. The number of nitrogens with one attached hydrogen (secondary N) is 1. The summed E-state index contributed by atoms with van der Waals surface area (Å²) in [7, 11) is 0. The Bertz CT molecular complexity index is 499. The number of nitrogens with zero attached hydrogens (tertiary/aromatic N) is 1. The molecule has 0 bridgehead atoms. The molecule has 1 unspecified atom stereocenters. The largest absolute Gasteiger partial charge is 0.490 e. The van der Waals surface area contributed by atoms with E-state index >= 15 is 0 Å². The Balaban J connectivity index is 2.31. The van der Waals surface area contributed by atoms with Crippen molar-refractivity contribution in [3.63, 3.8) is 0 Å². The molecule has 6 heteroatoms. The van der Waals surface area contributed by atoms with Crippen LogP contribution in [-0.4, -0.2) is 17.7 Å². The summed E-state index contributed by atoms with van der Waals surface area (Å²) in [6.45, 7) is 2.08.